The highest BCUT2D eigenvalue weighted by Crippen LogP contribution is 2.31. The molecule has 8 nitrogen and oxygen atoms in total. The number of piperidine rings is 2. The number of benzene rings is 4. The van der Waals surface area contributed by atoms with Gasteiger partial charge in [-0.25, -0.2) is 0 Å². The van der Waals surface area contributed by atoms with E-state index in [1.165, 1.54) is 0 Å². The Bertz CT molecular complexity index is 1440. The Labute approximate surface area is 290 Å². The number of rotatable bonds is 12. The maximum Gasteiger partial charge on any atom is 0.279 e. The van der Waals surface area contributed by atoms with Crippen LogP contribution in [0.15, 0.2) is 121 Å². The van der Waals surface area contributed by atoms with Crippen LogP contribution in [0, 0.1) is 10.4 Å². The molecule has 2 heterocycles. The van der Waals surface area contributed by atoms with E-state index in [0.29, 0.717) is 32.4 Å². The van der Waals surface area contributed by atoms with E-state index in [1.807, 2.05) is 121 Å². The Morgan fingerprint density at radius 3 is 1.14 bits per heavy atom. The van der Waals surface area contributed by atoms with Crippen molar-refractivity contribution in [2.24, 2.45) is 0 Å². The summed E-state index contributed by atoms with van der Waals surface area (Å²) in [5, 5.41) is 35.3. The molecule has 4 aromatic rings. The molecular formula is C41H48N4O4. The third-order valence-electron chi connectivity index (χ3n) is 10.4. The maximum absolute atomic E-state index is 14.5. The fourth-order valence-electron chi connectivity index (χ4n) is 7.82. The summed E-state index contributed by atoms with van der Waals surface area (Å²) in [7, 11) is 0. The molecule has 49 heavy (non-hydrogen) atoms. The molecule has 4 aromatic carbocycles. The Morgan fingerprint density at radius 2 is 0.837 bits per heavy atom. The zero-order chi connectivity index (χ0) is 34.1. The van der Waals surface area contributed by atoms with Gasteiger partial charge in [-0.15, -0.1) is 0 Å². The number of hydroxylamine groups is 6. The number of hydrogen-bond donors (Lipinski definition) is 2. The molecule has 2 N–H and O–H groups in total. The molecule has 2 saturated heterocycles. The molecule has 0 spiro atoms. The van der Waals surface area contributed by atoms with Crippen LogP contribution in [0.5, 0.6) is 0 Å². The van der Waals surface area contributed by atoms with Gasteiger partial charge in [-0.05, 0) is 47.9 Å². The number of carbonyl (C=O) groups excluding carboxylic acids is 2. The first-order valence-electron chi connectivity index (χ1n) is 17.8. The lowest BCUT2D eigenvalue weighted by molar-refractivity contribution is -0.919. The van der Waals surface area contributed by atoms with Gasteiger partial charge in [0.2, 0.25) is 0 Å². The normalized spacial score (nSPS) is 24.0. The van der Waals surface area contributed by atoms with Crippen molar-refractivity contribution < 1.29 is 18.9 Å². The summed E-state index contributed by atoms with van der Waals surface area (Å²) in [6.45, 7) is 1.04. The number of quaternary nitrogens is 2. The summed E-state index contributed by atoms with van der Waals surface area (Å²) < 4.78 is -1.27. The van der Waals surface area contributed by atoms with Crippen molar-refractivity contribution in [2.75, 3.05) is 26.2 Å². The topological polar surface area (TPSA) is 104 Å². The number of nitrogens with one attached hydrogen (secondary N) is 2. The third kappa shape index (κ3) is 8.28. The fraction of sp³-hybridized carbons (Fsp3) is 0.366. The van der Waals surface area contributed by atoms with E-state index >= 15 is 0 Å². The predicted molar refractivity (Wildman–Crippen MR) is 192 cm³/mol. The van der Waals surface area contributed by atoms with Crippen LogP contribution in [0.2, 0.25) is 0 Å². The fourth-order valence-corrected chi connectivity index (χ4v) is 7.82. The van der Waals surface area contributed by atoms with Gasteiger partial charge in [-0.2, -0.15) is 0 Å². The Morgan fingerprint density at radius 1 is 0.531 bits per heavy atom. The number of nitrogens with zero attached hydrogens (tertiary/aromatic N) is 2. The van der Waals surface area contributed by atoms with Crippen molar-refractivity contribution in [3.05, 3.63) is 154 Å². The third-order valence-corrected chi connectivity index (χ3v) is 10.4. The van der Waals surface area contributed by atoms with Gasteiger partial charge in [0.05, 0.1) is 38.3 Å². The van der Waals surface area contributed by atoms with Crippen LogP contribution in [0.1, 0.15) is 79.3 Å². The molecule has 0 aromatic heterocycles. The molecule has 256 valence electrons. The number of likely N-dealkylation sites (tertiary alicyclic amines) is 2. The largest absolute Gasteiger partial charge is 0.632 e. The highest BCUT2D eigenvalue weighted by atomic mass is 16.6. The van der Waals surface area contributed by atoms with Crippen LogP contribution < -0.4 is 10.6 Å². The minimum atomic E-state index is -0.748. The number of hydrogen-bond acceptors (Lipinski definition) is 4. The molecule has 8 heteroatoms. The summed E-state index contributed by atoms with van der Waals surface area (Å²) in [6.07, 6.45) is 4.49. The molecular weight excluding hydrogens is 612 g/mol. The van der Waals surface area contributed by atoms with Crippen molar-refractivity contribution in [3.63, 3.8) is 0 Å². The number of carbonyl (C=O) groups is 2. The Kier molecular flexibility index (Phi) is 11.2. The molecule has 2 amide bonds. The minimum Gasteiger partial charge on any atom is -0.632 e. The van der Waals surface area contributed by atoms with Crippen LogP contribution in [0.25, 0.3) is 0 Å². The molecule has 2 fully saturated rings. The summed E-state index contributed by atoms with van der Waals surface area (Å²) in [6, 6.07) is 37.0. The average molecular weight is 661 g/mol. The molecule has 2 unspecified atom stereocenters. The monoisotopic (exact) mass is 660 g/mol. The van der Waals surface area contributed by atoms with E-state index in [9.17, 15) is 20.0 Å². The zero-order valence-corrected chi connectivity index (χ0v) is 28.2. The summed E-state index contributed by atoms with van der Waals surface area (Å²) in [4.78, 5) is 27.9. The van der Waals surface area contributed by atoms with Gasteiger partial charge >= 0.3 is 0 Å². The molecule has 4 atom stereocenters. The average Bonchev–Trinajstić information content (AvgIpc) is 3.14. The minimum absolute atomic E-state index is 0.173. The smallest absolute Gasteiger partial charge is 0.279 e. The quantitative estimate of drug-likeness (QED) is 0.127. The van der Waals surface area contributed by atoms with E-state index in [4.69, 9.17) is 0 Å². The van der Waals surface area contributed by atoms with Gasteiger partial charge in [0, 0.05) is 19.3 Å². The van der Waals surface area contributed by atoms with Crippen LogP contribution in [-0.2, 0) is 9.59 Å². The highest BCUT2D eigenvalue weighted by molar-refractivity contribution is 5.82. The second-order valence-electron chi connectivity index (χ2n) is 13.7. The first-order chi connectivity index (χ1) is 23.9. The first-order valence-corrected chi connectivity index (χ1v) is 17.8. The molecule has 0 saturated carbocycles. The predicted octanol–water partition coefficient (Wildman–Crippen LogP) is 6.92. The van der Waals surface area contributed by atoms with E-state index in [-0.39, 0.29) is 37.0 Å². The SMILES string of the molecule is O=C(NC(c1ccccc1)c1ccccc1)[C@@H]1CCCC[N+]1([O-])CCC[N+]1([O-])CCCC[C@H]1C(=O)NC(c1ccccc1)c1ccccc1. The lowest BCUT2D eigenvalue weighted by atomic mass is 9.95. The van der Waals surface area contributed by atoms with Gasteiger partial charge in [-0.3, -0.25) is 9.59 Å². The lowest BCUT2D eigenvalue weighted by Crippen LogP contribution is -2.63. The lowest BCUT2D eigenvalue weighted by Gasteiger charge is -2.53. The molecule has 0 bridgehead atoms. The van der Waals surface area contributed by atoms with Crippen LogP contribution in [0.3, 0.4) is 0 Å². The molecule has 0 radical (unpaired) electrons. The van der Waals surface area contributed by atoms with Gasteiger partial charge in [0.1, 0.15) is 0 Å². The summed E-state index contributed by atoms with van der Waals surface area (Å²) >= 11 is 0. The Hall–Kier alpha value is -4.34. The maximum atomic E-state index is 14.5. The van der Waals surface area contributed by atoms with Gasteiger partial charge < -0.3 is 30.3 Å². The first kappa shape index (κ1) is 34.5. The standard InChI is InChI=1S/C41H48N4O4/c46-40(42-38(32-18-5-1-6-19-32)33-20-7-2-8-21-33)36-26-13-15-28-44(36,48)30-17-31-45(49)29-16-14-27-37(45)41(47)43-39(34-22-9-3-10-23-34)35-24-11-4-12-25-35/h1-12,18-25,36-39H,13-17,26-31H2,(H,42,46)(H,43,47)/t36-,37-,44?,45?/m0/s1. The summed E-state index contributed by atoms with van der Waals surface area (Å²) in [5.41, 5.74) is 3.82. The van der Waals surface area contributed by atoms with E-state index in [0.717, 1.165) is 47.9 Å². The summed E-state index contributed by atoms with van der Waals surface area (Å²) in [5.74, 6) is -0.497. The van der Waals surface area contributed by atoms with E-state index in [2.05, 4.69) is 10.6 Å². The molecule has 2 aliphatic heterocycles. The van der Waals surface area contributed by atoms with Crippen molar-refractivity contribution in [1.82, 2.24) is 10.6 Å². The Balaban J connectivity index is 1.14. The number of amides is 2. The van der Waals surface area contributed by atoms with Gasteiger partial charge in [-0.1, -0.05) is 121 Å². The van der Waals surface area contributed by atoms with Crippen molar-refractivity contribution >= 4 is 11.8 Å². The van der Waals surface area contributed by atoms with Crippen LogP contribution in [-0.4, -0.2) is 59.4 Å². The molecule has 2 aliphatic rings. The van der Waals surface area contributed by atoms with Crippen LogP contribution in [0.4, 0.5) is 0 Å². The van der Waals surface area contributed by atoms with E-state index in [1.54, 1.807) is 0 Å². The zero-order valence-electron chi connectivity index (χ0n) is 28.2. The highest BCUT2D eigenvalue weighted by Gasteiger charge is 2.41. The van der Waals surface area contributed by atoms with Crippen molar-refractivity contribution in [3.8, 4) is 0 Å². The van der Waals surface area contributed by atoms with E-state index < -0.39 is 21.4 Å². The molecule has 0 aliphatic carbocycles. The van der Waals surface area contributed by atoms with Crippen molar-refractivity contribution in [1.29, 1.82) is 0 Å². The second kappa shape index (κ2) is 15.9. The molecule has 6 rings (SSSR count). The van der Waals surface area contributed by atoms with Crippen LogP contribution >= 0.6 is 0 Å². The van der Waals surface area contributed by atoms with Gasteiger partial charge in [0.25, 0.3) is 11.8 Å². The van der Waals surface area contributed by atoms with Crippen molar-refractivity contribution in [2.45, 2.75) is 69.1 Å². The second-order valence-corrected chi connectivity index (χ2v) is 13.7. The van der Waals surface area contributed by atoms with Gasteiger partial charge in [0.15, 0.2) is 12.1 Å².